The van der Waals surface area contributed by atoms with E-state index in [2.05, 4.69) is 0 Å². The third-order valence-electron chi connectivity index (χ3n) is 6.29. The minimum absolute atomic E-state index is 0.205. The fraction of sp³-hybridized carbons (Fsp3) is 0.333. The van der Waals surface area contributed by atoms with E-state index in [-0.39, 0.29) is 6.42 Å². The SMILES string of the molecule is CC[C@@](C)(C(=O)O)N1CC(Cc2c(F)c(F)c(F)c(F)c2F)(NS(=O)(=O)c2ccccc2[N+](=O)[O-])C1=O. The van der Waals surface area contributed by atoms with E-state index in [9.17, 15) is 55.2 Å². The molecule has 1 amide bonds. The zero-order chi connectivity index (χ0) is 28.1. The van der Waals surface area contributed by atoms with E-state index in [4.69, 9.17) is 0 Å². The van der Waals surface area contributed by atoms with E-state index < -0.39 is 96.1 Å². The lowest BCUT2D eigenvalue weighted by Gasteiger charge is -2.54. The van der Waals surface area contributed by atoms with Crippen LogP contribution in [0.1, 0.15) is 25.8 Å². The van der Waals surface area contributed by atoms with Crippen molar-refractivity contribution in [2.45, 2.75) is 42.7 Å². The van der Waals surface area contributed by atoms with Crippen LogP contribution in [0.15, 0.2) is 29.2 Å². The molecule has 1 aliphatic heterocycles. The zero-order valence-electron chi connectivity index (χ0n) is 19.0. The Hall–Kier alpha value is -3.66. The molecule has 0 radical (unpaired) electrons. The zero-order valence-corrected chi connectivity index (χ0v) is 19.8. The predicted molar refractivity (Wildman–Crippen MR) is 114 cm³/mol. The second kappa shape index (κ2) is 9.33. The molecule has 1 aliphatic rings. The summed E-state index contributed by atoms with van der Waals surface area (Å²) < 4.78 is 98.1. The van der Waals surface area contributed by atoms with E-state index in [1.807, 2.05) is 0 Å². The number of nitrogens with one attached hydrogen (secondary N) is 1. The Morgan fingerprint density at radius 1 is 1.14 bits per heavy atom. The number of hydrogen-bond donors (Lipinski definition) is 2. The van der Waals surface area contributed by atoms with Gasteiger partial charge in [0, 0.05) is 18.1 Å². The average Bonchev–Trinajstić information content (AvgIpc) is 2.86. The van der Waals surface area contributed by atoms with Crippen LogP contribution in [0.5, 0.6) is 0 Å². The van der Waals surface area contributed by atoms with Crippen molar-refractivity contribution < 1.29 is 50.0 Å². The van der Waals surface area contributed by atoms with Crippen LogP contribution in [0.25, 0.3) is 0 Å². The molecule has 3 rings (SSSR count). The lowest BCUT2D eigenvalue weighted by Crippen LogP contribution is -2.80. The van der Waals surface area contributed by atoms with Crippen molar-refractivity contribution in [3.8, 4) is 0 Å². The summed E-state index contributed by atoms with van der Waals surface area (Å²) in [5.41, 5.74) is -7.05. The van der Waals surface area contributed by atoms with Crippen molar-refractivity contribution in [1.82, 2.24) is 9.62 Å². The second-order valence-corrected chi connectivity index (χ2v) is 10.1. The maximum atomic E-state index is 14.5. The van der Waals surface area contributed by atoms with Gasteiger partial charge in [0.2, 0.25) is 21.7 Å². The number of carboxylic acids is 1. The molecule has 0 aliphatic carbocycles. The molecule has 0 bridgehead atoms. The number of nitrogens with zero attached hydrogens (tertiary/aromatic N) is 2. The van der Waals surface area contributed by atoms with Gasteiger partial charge in [-0.05, 0) is 19.4 Å². The van der Waals surface area contributed by atoms with Crippen molar-refractivity contribution in [3.05, 3.63) is 69.0 Å². The minimum Gasteiger partial charge on any atom is -0.480 e. The van der Waals surface area contributed by atoms with Gasteiger partial charge in [-0.2, -0.15) is 4.72 Å². The highest BCUT2D eigenvalue weighted by Crippen LogP contribution is 2.38. The number of nitro benzene ring substituents is 1. The van der Waals surface area contributed by atoms with Crippen molar-refractivity contribution in [1.29, 1.82) is 0 Å². The Morgan fingerprint density at radius 3 is 2.11 bits per heavy atom. The number of rotatable bonds is 9. The van der Waals surface area contributed by atoms with Gasteiger partial charge in [0.15, 0.2) is 28.2 Å². The molecular weight excluding hydrogens is 533 g/mol. The number of hydrogen-bond acceptors (Lipinski definition) is 6. The van der Waals surface area contributed by atoms with E-state index in [1.165, 1.54) is 6.92 Å². The largest absolute Gasteiger partial charge is 0.480 e. The third kappa shape index (κ3) is 4.39. The van der Waals surface area contributed by atoms with Gasteiger partial charge in [0.25, 0.3) is 5.69 Å². The van der Waals surface area contributed by atoms with E-state index in [0.717, 1.165) is 31.2 Å². The molecule has 200 valence electrons. The molecule has 1 saturated heterocycles. The normalized spacial score (nSPS) is 19.3. The van der Waals surface area contributed by atoms with Crippen LogP contribution in [-0.4, -0.2) is 52.8 Å². The van der Waals surface area contributed by atoms with Crippen molar-refractivity contribution >= 4 is 27.6 Å². The van der Waals surface area contributed by atoms with Gasteiger partial charge in [0.05, 0.1) is 11.5 Å². The first-order valence-electron chi connectivity index (χ1n) is 10.4. The summed E-state index contributed by atoms with van der Waals surface area (Å²) in [5, 5.41) is 20.9. The van der Waals surface area contributed by atoms with Crippen molar-refractivity contribution in [3.63, 3.8) is 0 Å². The Bertz CT molecular complexity index is 1410. The van der Waals surface area contributed by atoms with Gasteiger partial charge < -0.3 is 10.0 Å². The van der Waals surface area contributed by atoms with Crippen molar-refractivity contribution in [2.75, 3.05) is 6.54 Å². The number of benzene rings is 2. The lowest BCUT2D eigenvalue weighted by molar-refractivity contribution is -0.387. The molecule has 10 nitrogen and oxygen atoms in total. The minimum atomic E-state index is -5.05. The molecule has 37 heavy (non-hydrogen) atoms. The van der Waals surface area contributed by atoms with E-state index >= 15 is 0 Å². The number of sulfonamides is 1. The summed E-state index contributed by atoms with van der Waals surface area (Å²) in [7, 11) is -5.05. The summed E-state index contributed by atoms with van der Waals surface area (Å²) in [5.74, 6) is -14.7. The van der Waals surface area contributed by atoms with E-state index in [1.54, 1.807) is 4.72 Å². The van der Waals surface area contributed by atoms with E-state index in [0.29, 0.717) is 4.90 Å². The number of aliphatic carboxylic acids is 1. The monoisotopic (exact) mass is 551 g/mol. The number of β-lactam (4-membered cyclic amide) rings is 1. The van der Waals surface area contributed by atoms with Gasteiger partial charge in [0.1, 0.15) is 11.1 Å². The van der Waals surface area contributed by atoms with Crippen LogP contribution in [0.4, 0.5) is 27.6 Å². The lowest BCUT2D eigenvalue weighted by atomic mass is 9.78. The van der Waals surface area contributed by atoms with Gasteiger partial charge in [-0.1, -0.05) is 19.1 Å². The first-order valence-corrected chi connectivity index (χ1v) is 11.9. The molecule has 0 aromatic heterocycles. The molecule has 2 aromatic carbocycles. The molecular formula is C21H18F5N3O7S. The van der Waals surface area contributed by atoms with Crippen LogP contribution in [0, 0.1) is 39.2 Å². The number of halogens is 5. The fourth-order valence-corrected chi connectivity index (χ4v) is 5.45. The molecule has 16 heteroatoms. The van der Waals surface area contributed by atoms with Crippen molar-refractivity contribution in [2.24, 2.45) is 0 Å². The van der Waals surface area contributed by atoms with Gasteiger partial charge in [-0.25, -0.2) is 35.2 Å². The second-order valence-electron chi connectivity index (χ2n) is 8.46. The highest BCUT2D eigenvalue weighted by Gasteiger charge is 2.61. The van der Waals surface area contributed by atoms with Crippen LogP contribution < -0.4 is 4.72 Å². The molecule has 2 aromatic rings. The molecule has 1 fully saturated rings. The fourth-order valence-electron chi connectivity index (χ4n) is 3.93. The Morgan fingerprint density at radius 2 is 1.65 bits per heavy atom. The number of nitro groups is 1. The summed E-state index contributed by atoms with van der Waals surface area (Å²) in [6.45, 7) is 1.61. The molecule has 0 spiro atoms. The molecule has 1 heterocycles. The maximum Gasteiger partial charge on any atom is 0.329 e. The summed E-state index contributed by atoms with van der Waals surface area (Å²) in [6.07, 6.45) is -1.63. The maximum absolute atomic E-state index is 14.5. The quantitative estimate of drug-likeness (QED) is 0.122. The Labute approximate surface area is 205 Å². The molecule has 2 N–H and O–H groups in total. The molecule has 2 atom stereocenters. The number of carbonyl (C=O) groups excluding carboxylic acids is 1. The van der Waals surface area contributed by atoms with Crippen LogP contribution in [0.3, 0.4) is 0 Å². The Balaban J connectivity index is 2.18. The number of likely N-dealkylation sites (tertiary alicyclic amines) is 1. The number of carbonyl (C=O) groups is 2. The summed E-state index contributed by atoms with van der Waals surface area (Å²) in [4.78, 5) is 35.0. The first-order chi connectivity index (χ1) is 17.0. The average molecular weight is 551 g/mol. The predicted octanol–water partition coefficient (Wildman–Crippen LogP) is 2.65. The smallest absolute Gasteiger partial charge is 0.329 e. The topological polar surface area (TPSA) is 147 Å². The van der Waals surface area contributed by atoms with Crippen LogP contribution in [-0.2, 0) is 26.0 Å². The molecule has 1 unspecified atom stereocenters. The highest BCUT2D eigenvalue weighted by molar-refractivity contribution is 7.89. The van der Waals surface area contributed by atoms with Crippen LogP contribution in [0.2, 0.25) is 0 Å². The molecule has 0 saturated carbocycles. The third-order valence-corrected chi connectivity index (χ3v) is 7.87. The highest BCUT2D eigenvalue weighted by atomic mass is 32.2. The van der Waals surface area contributed by atoms with Gasteiger partial charge in [-0.3, -0.25) is 14.9 Å². The van der Waals surface area contributed by atoms with Crippen LogP contribution >= 0.6 is 0 Å². The summed E-state index contributed by atoms with van der Waals surface area (Å²) >= 11 is 0. The number of amides is 1. The first kappa shape index (κ1) is 27.9. The van der Waals surface area contributed by atoms with Gasteiger partial charge >= 0.3 is 5.97 Å². The number of para-hydroxylation sites is 1. The number of carboxylic acid groups (broad SMARTS) is 1. The Kier molecular flexibility index (Phi) is 7.04. The van der Waals surface area contributed by atoms with Gasteiger partial charge in [-0.15, -0.1) is 0 Å². The standard InChI is InChI=1S/C21H18F5N3O7S/c1-3-20(2,19(31)32)28-9-21(18(28)30,8-10-13(22)15(24)17(26)16(25)14(10)23)27-37(35,36)12-7-5-4-6-11(12)29(33)34/h4-7,27H,3,8-9H2,1-2H3,(H,31,32)/t20-,21?/m0/s1. The summed E-state index contributed by atoms with van der Waals surface area (Å²) in [6, 6.07) is 3.85.